The number of carbonyl (C=O) groups is 1. The van der Waals surface area contributed by atoms with Crippen molar-refractivity contribution in [3.05, 3.63) is 53.1 Å². The SMILES string of the molecule is CN1CC(c2ccc(NC(=O)c3nc(C#N)cn3COCC[Si](C)(C)C)c(C3=CCCCC3)c2)CN(C)S1(=O)=O. The highest BCUT2D eigenvalue weighted by Crippen LogP contribution is 2.35. The number of anilines is 1. The molecule has 0 unspecified atom stereocenters. The van der Waals surface area contributed by atoms with Gasteiger partial charge in [0.15, 0.2) is 5.69 Å². The van der Waals surface area contributed by atoms with E-state index in [4.69, 9.17) is 4.74 Å². The first-order valence-electron chi connectivity index (χ1n) is 13.8. The standard InChI is InChI=1S/C28H40N6O4SSi/c1-32-17-23(18-33(2)39(32,36)37)22-11-12-26(25(15-22)21-9-7-6-8-10-21)31-28(35)27-30-24(16-29)19-34(27)20-38-13-14-40(3,4)5/h9,11-12,15,19,23H,6-8,10,13-14,17-18,20H2,1-5H3,(H,31,35). The molecule has 10 nitrogen and oxygen atoms in total. The summed E-state index contributed by atoms with van der Waals surface area (Å²) in [7, 11) is -1.49. The van der Waals surface area contributed by atoms with Crippen LogP contribution < -0.4 is 5.32 Å². The van der Waals surface area contributed by atoms with Gasteiger partial charge in [-0.2, -0.15) is 22.3 Å². The third-order valence-electron chi connectivity index (χ3n) is 7.46. The summed E-state index contributed by atoms with van der Waals surface area (Å²) < 4.78 is 35.1. The van der Waals surface area contributed by atoms with Crippen molar-refractivity contribution in [1.82, 2.24) is 18.2 Å². The van der Waals surface area contributed by atoms with E-state index in [2.05, 4.69) is 42.1 Å². The van der Waals surface area contributed by atoms with Crippen LogP contribution in [0.25, 0.3) is 5.57 Å². The van der Waals surface area contributed by atoms with Crippen molar-refractivity contribution in [3.63, 3.8) is 0 Å². The summed E-state index contributed by atoms with van der Waals surface area (Å²) in [6.45, 7) is 8.34. The highest BCUT2D eigenvalue weighted by Gasteiger charge is 2.34. The Balaban J connectivity index is 1.59. The van der Waals surface area contributed by atoms with Crippen LogP contribution in [0.3, 0.4) is 0 Å². The summed E-state index contributed by atoms with van der Waals surface area (Å²) in [6, 6.07) is 8.96. The van der Waals surface area contributed by atoms with Gasteiger partial charge in [-0.3, -0.25) is 4.79 Å². The number of aromatic nitrogens is 2. The molecular weight excluding hydrogens is 544 g/mol. The van der Waals surface area contributed by atoms with Crippen molar-refractivity contribution in [2.45, 2.75) is 64.0 Å². The molecule has 1 aliphatic heterocycles. The van der Waals surface area contributed by atoms with Gasteiger partial charge in [0.2, 0.25) is 5.82 Å². The van der Waals surface area contributed by atoms with E-state index in [-0.39, 0.29) is 24.2 Å². The Morgan fingerprint density at radius 1 is 1.20 bits per heavy atom. The molecule has 2 aromatic rings. The average molecular weight is 585 g/mol. The van der Waals surface area contributed by atoms with Gasteiger partial charge in [-0.05, 0) is 55.0 Å². The number of nitrogens with one attached hydrogen (secondary N) is 1. The average Bonchev–Trinajstić information content (AvgIpc) is 3.33. The first-order valence-corrected chi connectivity index (χ1v) is 18.9. The van der Waals surface area contributed by atoms with Gasteiger partial charge in [-0.1, -0.05) is 31.8 Å². The highest BCUT2D eigenvalue weighted by molar-refractivity contribution is 7.86. The maximum atomic E-state index is 13.5. The number of allylic oxidation sites excluding steroid dienone is 2. The van der Waals surface area contributed by atoms with Crippen LogP contribution >= 0.6 is 0 Å². The minimum atomic E-state index is -3.43. The Labute approximate surface area is 238 Å². The number of rotatable bonds is 9. The van der Waals surface area contributed by atoms with E-state index in [1.54, 1.807) is 24.9 Å². The lowest BCUT2D eigenvalue weighted by Crippen LogP contribution is -2.49. The van der Waals surface area contributed by atoms with E-state index in [9.17, 15) is 18.5 Å². The zero-order valence-corrected chi connectivity index (χ0v) is 25.9. The van der Waals surface area contributed by atoms with Gasteiger partial charge in [0.25, 0.3) is 16.1 Å². The number of ether oxygens (including phenoxy) is 1. The van der Waals surface area contributed by atoms with Crippen LogP contribution in [0.15, 0.2) is 30.5 Å². The molecule has 0 atom stereocenters. The van der Waals surface area contributed by atoms with E-state index in [1.807, 2.05) is 18.2 Å². The maximum Gasteiger partial charge on any atom is 0.291 e. The topological polar surface area (TPSA) is 121 Å². The van der Waals surface area contributed by atoms with Crippen LogP contribution in [0.2, 0.25) is 25.7 Å². The molecule has 0 radical (unpaired) electrons. The van der Waals surface area contributed by atoms with Crippen LogP contribution in [-0.4, -0.2) is 74.4 Å². The van der Waals surface area contributed by atoms with Crippen LogP contribution in [0.5, 0.6) is 0 Å². The number of likely N-dealkylation sites (N-methyl/N-ethyl adjacent to an activating group) is 2. The zero-order valence-electron chi connectivity index (χ0n) is 24.1. The minimum absolute atomic E-state index is 0.00314. The Kier molecular flexibility index (Phi) is 9.32. The highest BCUT2D eigenvalue weighted by atomic mass is 32.2. The van der Waals surface area contributed by atoms with Crippen LogP contribution in [0, 0.1) is 11.3 Å². The van der Waals surface area contributed by atoms with Gasteiger partial charge in [0.1, 0.15) is 12.8 Å². The van der Waals surface area contributed by atoms with Gasteiger partial charge in [0, 0.05) is 65.2 Å². The molecule has 1 amide bonds. The number of amides is 1. The second-order valence-corrected chi connectivity index (χ2v) is 19.6. The molecule has 0 saturated carbocycles. The van der Waals surface area contributed by atoms with Crippen molar-refractivity contribution >= 4 is 35.5 Å². The molecule has 4 rings (SSSR count). The van der Waals surface area contributed by atoms with Crippen molar-refractivity contribution < 1.29 is 17.9 Å². The fourth-order valence-electron chi connectivity index (χ4n) is 5.06. The molecule has 1 aliphatic carbocycles. The number of imidazole rings is 1. The predicted octanol–water partition coefficient (Wildman–Crippen LogP) is 4.48. The van der Waals surface area contributed by atoms with Crippen LogP contribution in [-0.2, 0) is 21.7 Å². The molecule has 1 fully saturated rings. The molecule has 12 heteroatoms. The van der Waals surface area contributed by atoms with Gasteiger partial charge in [-0.25, -0.2) is 4.98 Å². The second kappa shape index (κ2) is 12.4. The predicted molar refractivity (Wildman–Crippen MR) is 159 cm³/mol. The van der Waals surface area contributed by atoms with Gasteiger partial charge in [0.05, 0.1) is 0 Å². The Morgan fingerprint density at radius 2 is 1.93 bits per heavy atom. The van der Waals surface area contributed by atoms with Crippen LogP contribution in [0.4, 0.5) is 5.69 Å². The summed E-state index contributed by atoms with van der Waals surface area (Å²) in [5.74, 6) is -0.293. The summed E-state index contributed by atoms with van der Waals surface area (Å²) in [5, 5.41) is 12.5. The lowest BCUT2D eigenvalue weighted by molar-refractivity contribution is 0.0808. The molecule has 1 N–H and O–H groups in total. The van der Waals surface area contributed by atoms with Crippen molar-refractivity contribution in [1.29, 1.82) is 5.26 Å². The largest absolute Gasteiger partial charge is 0.361 e. The third-order valence-corrected chi connectivity index (χ3v) is 11.0. The number of carbonyl (C=O) groups excluding carboxylic acids is 1. The molecule has 40 heavy (non-hydrogen) atoms. The fraction of sp³-hybridized carbons (Fsp3) is 0.536. The third kappa shape index (κ3) is 7.08. The van der Waals surface area contributed by atoms with Gasteiger partial charge < -0.3 is 14.6 Å². The zero-order chi connectivity index (χ0) is 29.1. The quantitative estimate of drug-likeness (QED) is 0.343. The van der Waals surface area contributed by atoms with Crippen LogP contribution in [0.1, 0.15) is 59.0 Å². The van der Waals surface area contributed by atoms with Gasteiger partial charge in [-0.15, -0.1) is 0 Å². The minimum Gasteiger partial charge on any atom is -0.361 e. The molecule has 1 aromatic heterocycles. The van der Waals surface area contributed by atoms with E-state index < -0.39 is 24.2 Å². The monoisotopic (exact) mass is 584 g/mol. The molecule has 0 bridgehead atoms. The normalized spacial score (nSPS) is 18.8. The smallest absolute Gasteiger partial charge is 0.291 e. The second-order valence-electron chi connectivity index (χ2n) is 11.9. The number of nitrogens with zero attached hydrogens (tertiary/aromatic N) is 5. The number of hydrogen-bond donors (Lipinski definition) is 1. The number of nitriles is 1. The van der Waals surface area contributed by atoms with E-state index in [1.165, 1.54) is 14.2 Å². The number of benzene rings is 1. The molecular formula is C28H40N6O4SSi. The Morgan fingerprint density at radius 3 is 2.55 bits per heavy atom. The van der Waals surface area contributed by atoms with E-state index >= 15 is 0 Å². The van der Waals surface area contributed by atoms with E-state index in [0.717, 1.165) is 42.9 Å². The Bertz CT molecular complexity index is 1410. The molecule has 1 aromatic carbocycles. The summed E-state index contributed by atoms with van der Waals surface area (Å²) in [4.78, 5) is 17.7. The molecule has 2 aliphatic rings. The number of hydrogen-bond acceptors (Lipinski definition) is 6. The van der Waals surface area contributed by atoms with Crippen molar-refractivity contribution in [3.8, 4) is 6.07 Å². The molecule has 2 heterocycles. The molecule has 0 spiro atoms. The molecule has 1 saturated heterocycles. The van der Waals surface area contributed by atoms with Crippen molar-refractivity contribution in [2.75, 3.05) is 39.1 Å². The lowest BCUT2D eigenvalue weighted by atomic mass is 9.89. The van der Waals surface area contributed by atoms with E-state index in [0.29, 0.717) is 25.4 Å². The first-order chi connectivity index (χ1) is 18.9. The lowest BCUT2D eigenvalue weighted by Gasteiger charge is -2.36. The fourth-order valence-corrected chi connectivity index (χ4v) is 7.03. The molecule has 216 valence electrons. The maximum absolute atomic E-state index is 13.5. The first kappa shape index (κ1) is 30.1. The summed E-state index contributed by atoms with van der Waals surface area (Å²) in [5.41, 5.74) is 3.96. The van der Waals surface area contributed by atoms with Crippen molar-refractivity contribution in [2.24, 2.45) is 0 Å². The van der Waals surface area contributed by atoms with Gasteiger partial charge >= 0.3 is 0 Å². The summed E-state index contributed by atoms with van der Waals surface area (Å²) in [6.07, 6.45) is 7.85. The Hall–Kier alpha value is -2.82. The summed E-state index contributed by atoms with van der Waals surface area (Å²) >= 11 is 0.